The van der Waals surface area contributed by atoms with Gasteiger partial charge in [0, 0.05) is 5.92 Å². The lowest BCUT2D eigenvalue weighted by atomic mass is 9.89. The second kappa shape index (κ2) is 6.22. The molecule has 1 aromatic carbocycles. The number of H-pyrrole nitrogens is 1. The molecule has 0 radical (unpaired) electrons. The smallest absolute Gasteiger partial charge is 0.216 e. The Morgan fingerprint density at radius 3 is 2.67 bits per heavy atom. The van der Waals surface area contributed by atoms with Gasteiger partial charge in [-0.2, -0.15) is 14.9 Å². The molecule has 3 rings (SSSR count). The molecule has 1 heterocycles. The quantitative estimate of drug-likeness (QED) is 0.673. The molecule has 21 heavy (non-hydrogen) atoms. The van der Waals surface area contributed by atoms with Crippen LogP contribution < -0.4 is 0 Å². The largest absolute Gasteiger partial charge is 0.508 e. The number of nitrogens with zero attached hydrogens (tertiary/aromatic N) is 3. The molecule has 2 aromatic rings. The molecule has 0 atom stereocenters. The average molecular weight is 302 g/mol. The van der Waals surface area contributed by atoms with E-state index < -0.39 is 0 Å². The van der Waals surface area contributed by atoms with Gasteiger partial charge in [-0.05, 0) is 54.9 Å². The van der Waals surface area contributed by atoms with Crippen LogP contribution in [0.15, 0.2) is 29.4 Å². The number of nitrogens with one attached hydrogen (secondary N) is 1. The zero-order valence-electron chi connectivity index (χ0n) is 11.7. The van der Waals surface area contributed by atoms with Crippen LogP contribution in [0.25, 0.3) is 0 Å². The van der Waals surface area contributed by atoms with Crippen LogP contribution >= 0.6 is 12.2 Å². The molecular weight excluding hydrogens is 284 g/mol. The lowest BCUT2D eigenvalue weighted by molar-refractivity contribution is 0.419. The number of hydrogen-bond donors (Lipinski definition) is 2. The van der Waals surface area contributed by atoms with Crippen molar-refractivity contribution in [2.45, 2.75) is 38.0 Å². The van der Waals surface area contributed by atoms with Crippen molar-refractivity contribution >= 4 is 18.4 Å². The highest BCUT2D eigenvalue weighted by Gasteiger charge is 2.21. The van der Waals surface area contributed by atoms with Gasteiger partial charge in [0.05, 0.1) is 6.21 Å². The van der Waals surface area contributed by atoms with Crippen LogP contribution in [0.4, 0.5) is 0 Å². The molecule has 0 spiro atoms. The molecule has 1 aliphatic rings. The summed E-state index contributed by atoms with van der Waals surface area (Å²) in [7, 11) is 0. The van der Waals surface area contributed by atoms with Crippen molar-refractivity contribution in [1.82, 2.24) is 14.9 Å². The lowest BCUT2D eigenvalue weighted by Crippen LogP contribution is -2.10. The van der Waals surface area contributed by atoms with Crippen LogP contribution in [0, 0.1) is 4.77 Å². The predicted molar refractivity (Wildman–Crippen MR) is 84.3 cm³/mol. The van der Waals surface area contributed by atoms with Gasteiger partial charge in [0.15, 0.2) is 5.82 Å². The van der Waals surface area contributed by atoms with Gasteiger partial charge in [0.1, 0.15) is 5.75 Å². The fourth-order valence-electron chi connectivity index (χ4n) is 2.73. The third-order valence-electron chi connectivity index (χ3n) is 3.86. The highest BCUT2D eigenvalue weighted by atomic mass is 32.1. The maximum absolute atomic E-state index is 9.29. The van der Waals surface area contributed by atoms with Crippen molar-refractivity contribution in [1.29, 1.82) is 0 Å². The van der Waals surface area contributed by atoms with Crippen LogP contribution in [0.5, 0.6) is 5.75 Å². The highest BCUT2D eigenvalue weighted by Crippen LogP contribution is 2.31. The van der Waals surface area contributed by atoms with Crippen LogP contribution in [0.3, 0.4) is 0 Å². The molecule has 0 saturated heterocycles. The monoisotopic (exact) mass is 302 g/mol. The first kappa shape index (κ1) is 14.0. The van der Waals surface area contributed by atoms with E-state index in [-0.39, 0.29) is 5.75 Å². The Kier molecular flexibility index (Phi) is 4.15. The normalized spacial score (nSPS) is 16.6. The van der Waals surface area contributed by atoms with E-state index >= 15 is 0 Å². The van der Waals surface area contributed by atoms with Crippen LogP contribution in [0.1, 0.15) is 49.4 Å². The Hall–Kier alpha value is -1.95. The molecule has 0 bridgehead atoms. The first-order valence-corrected chi connectivity index (χ1v) is 7.65. The van der Waals surface area contributed by atoms with Crippen molar-refractivity contribution in [3.05, 3.63) is 40.4 Å². The third-order valence-corrected chi connectivity index (χ3v) is 4.13. The molecule has 1 fully saturated rings. The van der Waals surface area contributed by atoms with Crippen molar-refractivity contribution in [2.75, 3.05) is 0 Å². The highest BCUT2D eigenvalue weighted by molar-refractivity contribution is 7.71. The van der Waals surface area contributed by atoms with E-state index in [2.05, 4.69) is 15.3 Å². The second-order valence-electron chi connectivity index (χ2n) is 5.37. The molecule has 1 aliphatic carbocycles. The van der Waals surface area contributed by atoms with Crippen molar-refractivity contribution in [2.24, 2.45) is 5.10 Å². The lowest BCUT2D eigenvalue weighted by Gasteiger charge is -2.19. The zero-order valence-corrected chi connectivity index (χ0v) is 12.5. The number of aromatic hydroxyl groups is 1. The number of hydrogen-bond acceptors (Lipinski definition) is 4. The SMILES string of the molecule is Oc1ccc(/C=N/n2c(C3CCCCC3)n[nH]c2=S)cc1. The fourth-order valence-corrected chi connectivity index (χ4v) is 2.91. The van der Waals surface area contributed by atoms with E-state index in [4.69, 9.17) is 12.2 Å². The number of aromatic amines is 1. The summed E-state index contributed by atoms with van der Waals surface area (Å²) < 4.78 is 2.24. The van der Waals surface area contributed by atoms with Crippen LogP contribution in [-0.4, -0.2) is 26.2 Å². The number of rotatable bonds is 3. The number of phenols is 1. The molecular formula is C15H18N4OS. The van der Waals surface area contributed by atoms with Gasteiger partial charge in [-0.15, -0.1) is 0 Å². The van der Waals surface area contributed by atoms with E-state index in [1.54, 1.807) is 23.0 Å². The molecule has 5 nitrogen and oxygen atoms in total. The summed E-state index contributed by atoms with van der Waals surface area (Å²) in [4.78, 5) is 0. The summed E-state index contributed by atoms with van der Waals surface area (Å²) >= 11 is 5.27. The van der Waals surface area contributed by atoms with Crippen LogP contribution in [-0.2, 0) is 0 Å². The average Bonchev–Trinajstić information content (AvgIpc) is 2.89. The van der Waals surface area contributed by atoms with Gasteiger partial charge < -0.3 is 5.11 Å². The maximum atomic E-state index is 9.29. The van der Waals surface area contributed by atoms with Gasteiger partial charge in [0.25, 0.3) is 0 Å². The minimum atomic E-state index is 0.245. The fraction of sp³-hybridized carbons (Fsp3) is 0.400. The number of aromatic nitrogens is 3. The van der Waals surface area contributed by atoms with Gasteiger partial charge in [-0.25, -0.2) is 0 Å². The molecule has 1 aromatic heterocycles. The summed E-state index contributed by atoms with van der Waals surface area (Å²) in [6, 6.07) is 6.89. The summed E-state index contributed by atoms with van der Waals surface area (Å²) in [6.45, 7) is 0. The van der Waals surface area contributed by atoms with Gasteiger partial charge in [-0.3, -0.25) is 5.10 Å². The minimum Gasteiger partial charge on any atom is -0.508 e. The van der Waals surface area contributed by atoms with Gasteiger partial charge in [0.2, 0.25) is 4.77 Å². The molecule has 1 saturated carbocycles. The topological polar surface area (TPSA) is 66.2 Å². The van der Waals surface area contributed by atoms with E-state index in [1.807, 2.05) is 12.1 Å². The minimum absolute atomic E-state index is 0.245. The zero-order chi connectivity index (χ0) is 14.7. The summed E-state index contributed by atoms with van der Waals surface area (Å²) in [5.74, 6) is 1.60. The van der Waals surface area contributed by atoms with E-state index in [0.29, 0.717) is 10.7 Å². The summed E-state index contributed by atoms with van der Waals surface area (Å²) in [5.41, 5.74) is 0.908. The van der Waals surface area contributed by atoms with Crippen molar-refractivity contribution in [3.8, 4) is 5.75 Å². The number of benzene rings is 1. The summed E-state index contributed by atoms with van der Waals surface area (Å²) in [5, 5.41) is 20.9. The van der Waals surface area contributed by atoms with E-state index in [0.717, 1.165) is 24.2 Å². The molecule has 0 unspecified atom stereocenters. The Bertz CT molecular complexity index is 680. The van der Waals surface area contributed by atoms with Crippen molar-refractivity contribution in [3.63, 3.8) is 0 Å². The molecule has 110 valence electrons. The molecule has 6 heteroatoms. The Morgan fingerprint density at radius 1 is 1.24 bits per heavy atom. The Morgan fingerprint density at radius 2 is 1.95 bits per heavy atom. The number of phenolic OH excluding ortho intramolecular Hbond substituents is 1. The van der Waals surface area contributed by atoms with Crippen molar-refractivity contribution < 1.29 is 5.11 Å². The summed E-state index contributed by atoms with van der Waals surface area (Å²) in [6.07, 6.45) is 7.82. The Balaban J connectivity index is 1.86. The second-order valence-corrected chi connectivity index (χ2v) is 5.76. The van der Waals surface area contributed by atoms with Gasteiger partial charge >= 0.3 is 0 Å². The molecule has 0 aliphatic heterocycles. The van der Waals surface area contributed by atoms with E-state index in [1.165, 1.54) is 19.3 Å². The van der Waals surface area contributed by atoms with Crippen LogP contribution in [0.2, 0.25) is 0 Å². The first-order chi connectivity index (χ1) is 10.2. The standard InChI is InChI=1S/C15H18N4OS/c20-13-8-6-11(7-9-13)10-16-19-14(17-18-15(19)21)12-4-2-1-3-5-12/h6-10,12,20H,1-5H2,(H,18,21)/b16-10+. The van der Waals surface area contributed by atoms with E-state index in [9.17, 15) is 5.11 Å². The third kappa shape index (κ3) is 3.21. The molecule has 2 N–H and O–H groups in total. The Labute approximate surface area is 128 Å². The molecule has 0 amide bonds. The first-order valence-electron chi connectivity index (χ1n) is 7.25. The predicted octanol–water partition coefficient (Wildman–Crippen LogP) is 3.58. The van der Waals surface area contributed by atoms with Gasteiger partial charge in [-0.1, -0.05) is 19.3 Å². The maximum Gasteiger partial charge on any atom is 0.216 e.